The summed E-state index contributed by atoms with van der Waals surface area (Å²) in [5.74, 6) is 0. The maximum Gasteiger partial charge on any atom is 0.187 e. The van der Waals surface area contributed by atoms with Gasteiger partial charge in [-0.05, 0) is 0 Å². The highest BCUT2D eigenvalue weighted by Crippen LogP contribution is 2.27. The molecule has 1 heterocycles. The van der Waals surface area contributed by atoms with Gasteiger partial charge < -0.3 is 28.4 Å². The second-order valence-electron chi connectivity index (χ2n) is 4.22. The number of hydrogen-bond acceptors (Lipinski definition) is 6. The van der Waals surface area contributed by atoms with Gasteiger partial charge in [0, 0.05) is 28.4 Å². The monoisotopic (exact) mass is 276 g/mol. The van der Waals surface area contributed by atoms with Crippen molar-refractivity contribution < 1.29 is 28.4 Å². The molecule has 0 bridgehead atoms. The van der Waals surface area contributed by atoms with E-state index >= 15 is 0 Å². The fraction of sp³-hybridized carbons (Fsp3) is 0.846. The highest BCUT2D eigenvalue weighted by atomic mass is 16.7. The summed E-state index contributed by atoms with van der Waals surface area (Å²) in [6.07, 6.45) is -0.105. The Bertz CT molecular complexity index is 260. The molecule has 0 spiro atoms. The van der Waals surface area contributed by atoms with Crippen LogP contribution < -0.4 is 0 Å². The molecule has 1 saturated heterocycles. The number of rotatable bonds is 8. The molecule has 0 aromatic heterocycles. The van der Waals surface area contributed by atoms with Crippen molar-refractivity contribution in [2.24, 2.45) is 0 Å². The van der Waals surface area contributed by atoms with E-state index in [2.05, 4.69) is 6.58 Å². The lowest BCUT2D eigenvalue weighted by molar-refractivity contribution is -0.311. The van der Waals surface area contributed by atoms with Gasteiger partial charge in [0.1, 0.15) is 24.4 Å². The van der Waals surface area contributed by atoms with Gasteiger partial charge in [0.05, 0.1) is 13.2 Å². The SMILES string of the molecule is C=CCOC1OC(COC)[C@H](OC)C(OC)C1OC. The molecule has 4 unspecified atom stereocenters. The van der Waals surface area contributed by atoms with Crippen molar-refractivity contribution in [3.8, 4) is 0 Å². The van der Waals surface area contributed by atoms with Crippen LogP contribution in [0.4, 0.5) is 0 Å². The maximum atomic E-state index is 5.84. The quantitative estimate of drug-likeness (QED) is 0.605. The van der Waals surface area contributed by atoms with E-state index in [1.807, 2.05) is 0 Å². The van der Waals surface area contributed by atoms with Crippen molar-refractivity contribution in [1.29, 1.82) is 0 Å². The zero-order valence-corrected chi connectivity index (χ0v) is 12.0. The predicted octanol–water partition coefficient (Wildman–Crippen LogP) is 0.605. The Labute approximate surface area is 114 Å². The standard InChI is InChI=1S/C13H24O6/c1-6-7-18-13-12(17-5)11(16-4)10(15-3)9(19-13)8-14-2/h6,9-13H,1,7-8H2,2-5H3/t9?,10-,11?,12?,13?/m0/s1. The summed E-state index contributed by atoms with van der Waals surface area (Å²) in [5, 5.41) is 0. The van der Waals surface area contributed by atoms with Gasteiger partial charge in [-0.25, -0.2) is 0 Å². The molecule has 0 aliphatic carbocycles. The highest BCUT2D eigenvalue weighted by molar-refractivity contribution is 4.92. The molecular formula is C13H24O6. The zero-order valence-electron chi connectivity index (χ0n) is 12.0. The van der Waals surface area contributed by atoms with Crippen LogP contribution in [0.15, 0.2) is 12.7 Å². The Morgan fingerprint density at radius 2 is 1.63 bits per heavy atom. The van der Waals surface area contributed by atoms with E-state index in [0.29, 0.717) is 13.2 Å². The maximum absolute atomic E-state index is 5.84. The lowest BCUT2D eigenvalue weighted by atomic mass is 9.98. The average molecular weight is 276 g/mol. The molecule has 1 rings (SSSR count). The van der Waals surface area contributed by atoms with Crippen molar-refractivity contribution >= 4 is 0 Å². The first-order chi connectivity index (χ1) is 9.23. The lowest BCUT2D eigenvalue weighted by Crippen LogP contribution is -2.61. The van der Waals surface area contributed by atoms with Crippen LogP contribution in [0.2, 0.25) is 0 Å². The zero-order chi connectivity index (χ0) is 14.3. The Balaban J connectivity index is 2.84. The van der Waals surface area contributed by atoms with Gasteiger partial charge in [-0.3, -0.25) is 0 Å². The first kappa shape index (κ1) is 16.6. The summed E-state index contributed by atoms with van der Waals surface area (Å²) in [4.78, 5) is 0. The molecule has 6 heteroatoms. The second kappa shape index (κ2) is 8.63. The normalized spacial score (nSPS) is 35.3. The lowest BCUT2D eigenvalue weighted by Gasteiger charge is -2.44. The largest absolute Gasteiger partial charge is 0.382 e. The van der Waals surface area contributed by atoms with Crippen LogP contribution in [0, 0.1) is 0 Å². The van der Waals surface area contributed by atoms with Gasteiger partial charge in [0.2, 0.25) is 0 Å². The Morgan fingerprint density at radius 3 is 2.11 bits per heavy atom. The number of methoxy groups -OCH3 is 4. The fourth-order valence-electron chi connectivity index (χ4n) is 2.28. The third-order valence-electron chi connectivity index (χ3n) is 3.12. The van der Waals surface area contributed by atoms with Gasteiger partial charge in [-0.15, -0.1) is 6.58 Å². The van der Waals surface area contributed by atoms with Gasteiger partial charge in [0.25, 0.3) is 0 Å². The summed E-state index contributed by atoms with van der Waals surface area (Å²) < 4.78 is 33.0. The molecule has 0 amide bonds. The molecule has 0 radical (unpaired) electrons. The molecule has 0 aromatic rings. The highest BCUT2D eigenvalue weighted by Gasteiger charge is 2.47. The van der Waals surface area contributed by atoms with E-state index in [1.54, 1.807) is 34.5 Å². The molecule has 5 atom stereocenters. The molecule has 0 saturated carbocycles. The van der Waals surface area contributed by atoms with Gasteiger partial charge in [-0.1, -0.05) is 6.08 Å². The van der Waals surface area contributed by atoms with Crippen LogP contribution in [0.1, 0.15) is 0 Å². The third kappa shape index (κ3) is 3.98. The van der Waals surface area contributed by atoms with Gasteiger partial charge in [-0.2, -0.15) is 0 Å². The van der Waals surface area contributed by atoms with E-state index in [9.17, 15) is 0 Å². The Hall–Kier alpha value is -0.500. The van der Waals surface area contributed by atoms with Gasteiger partial charge in [0.15, 0.2) is 6.29 Å². The Morgan fingerprint density at radius 1 is 1.00 bits per heavy atom. The predicted molar refractivity (Wildman–Crippen MR) is 69.1 cm³/mol. The molecule has 1 fully saturated rings. The van der Waals surface area contributed by atoms with Crippen LogP contribution in [-0.4, -0.2) is 72.4 Å². The molecule has 0 N–H and O–H groups in total. The van der Waals surface area contributed by atoms with E-state index in [4.69, 9.17) is 28.4 Å². The third-order valence-corrected chi connectivity index (χ3v) is 3.12. The van der Waals surface area contributed by atoms with E-state index < -0.39 is 6.29 Å². The van der Waals surface area contributed by atoms with Crippen molar-refractivity contribution in [1.82, 2.24) is 0 Å². The van der Waals surface area contributed by atoms with E-state index in [-0.39, 0.29) is 24.4 Å². The minimum absolute atomic E-state index is 0.277. The first-order valence-corrected chi connectivity index (χ1v) is 6.18. The fourth-order valence-corrected chi connectivity index (χ4v) is 2.28. The summed E-state index contributed by atoms with van der Waals surface area (Å²) in [6, 6.07) is 0. The van der Waals surface area contributed by atoms with Crippen molar-refractivity contribution in [2.45, 2.75) is 30.7 Å². The van der Waals surface area contributed by atoms with Crippen LogP contribution in [0.5, 0.6) is 0 Å². The summed E-state index contributed by atoms with van der Waals surface area (Å²) in [6.45, 7) is 4.38. The second-order valence-corrected chi connectivity index (χ2v) is 4.22. The van der Waals surface area contributed by atoms with E-state index in [0.717, 1.165) is 0 Å². The van der Waals surface area contributed by atoms with Crippen LogP contribution >= 0.6 is 0 Å². The van der Waals surface area contributed by atoms with Crippen LogP contribution in [-0.2, 0) is 28.4 Å². The van der Waals surface area contributed by atoms with Crippen molar-refractivity contribution in [3.05, 3.63) is 12.7 Å². The molecular weight excluding hydrogens is 252 g/mol. The average Bonchev–Trinajstić information content (AvgIpc) is 2.44. The first-order valence-electron chi connectivity index (χ1n) is 6.18. The smallest absolute Gasteiger partial charge is 0.187 e. The van der Waals surface area contributed by atoms with Crippen molar-refractivity contribution in [3.63, 3.8) is 0 Å². The molecule has 112 valence electrons. The number of ether oxygens (including phenoxy) is 6. The van der Waals surface area contributed by atoms with Crippen molar-refractivity contribution in [2.75, 3.05) is 41.7 Å². The minimum atomic E-state index is -0.542. The Kier molecular flexibility index (Phi) is 7.52. The molecule has 0 aromatic carbocycles. The van der Waals surface area contributed by atoms with Crippen LogP contribution in [0.25, 0.3) is 0 Å². The van der Waals surface area contributed by atoms with Gasteiger partial charge >= 0.3 is 0 Å². The summed E-state index contributed by atoms with van der Waals surface area (Å²) in [5.41, 5.74) is 0. The molecule has 19 heavy (non-hydrogen) atoms. The van der Waals surface area contributed by atoms with Crippen LogP contribution in [0.3, 0.4) is 0 Å². The minimum Gasteiger partial charge on any atom is -0.382 e. The summed E-state index contributed by atoms with van der Waals surface area (Å²) >= 11 is 0. The molecule has 1 aliphatic heterocycles. The summed E-state index contributed by atoms with van der Waals surface area (Å²) in [7, 11) is 6.43. The molecule has 6 nitrogen and oxygen atoms in total. The van der Waals surface area contributed by atoms with E-state index in [1.165, 1.54) is 0 Å². The number of hydrogen-bond donors (Lipinski definition) is 0. The topological polar surface area (TPSA) is 55.4 Å². The molecule has 1 aliphatic rings.